The van der Waals surface area contributed by atoms with Crippen LogP contribution in [-0.4, -0.2) is 20.0 Å². The summed E-state index contributed by atoms with van der Waals surface area (Å²) in [5, 5.41) is 0.225. The van der Waals surface area contributed by atoms with E-state index in [1.807, 2.05) is 32.0 Å². The standard InChI is InChI=1S/C16H26O2SSi/c1-12-9-8-10-13(2)15(12)19-14(17)11-18-20(6,7)16(3,4)5/h8-10H,11H2,1-7H3. The summed E-state index contributed by atoms with van der Waals surface area (Å²) in [4.78, 5) is 13.2. The van der Waals surface area contributed by atoms with Crippen molar-refractivity contribution in [1.29, 1.82) is 0 Å². The average molecular weight is 311 g/mol. The molecular weight excluding hydrogens is 284 g/mol. The van der Waals surface area contributed by atoms with Gasteiger partial charge in [-0.1, -0.05) is 39.0 Å². The van der Waals surface area contributed by atoms with Crippen molar-refractivity contribution in [2.45, 2.75) is 57.6 Å². The van der Waals surface area contributed by atoms with Gasteiger partial charge in [0.25, 0.3) is 0 Å². The van der Waals surface area contributed by atoms with Crippen LogP contribution in [0.5, 0.6) is 0 Å². The van der Waals surface area contributed by atoms with Crippen molar-refractivity contribution in [3.05, 3.63) is 29.3 Å². The van der Waals surface area contributed by atoms with Crippen molar-refractivity contribution >= 4 is 25.2 Å². The molecule has 2 nitrogen and oxygen atoms in total. The van der Waals surface area contributed by atoms with Gasteiger partial charge in [0.15, 0.2) is 8.32 Å². The molecular formula is C16H26O2SSi. The fourth-order valence-corrected chi connectivity index (χ4v) is 3.39. The smallest absolute Gasteiger partial charge is 0.218 e. The molecule has 0 saturated carbocycles. The molecule has 1 aromatic carbocycles. The summed E-state index contributed by atoms with van der Waals surface area (Å²) >= 11 is 1.31. The van der Waals surface area contributed by atoms with E-state index in [9.17, 15) is 4.79 Å². The first-order valence-corrected chi connectivity index (χ1v) is 10.7. The number of hydrogen-bond acceptors (Lipinski definition) is 3. The van der Waals surface area contributed by atoms with E-state index < -0.39 is 8.32 Å². The van der Waals surface area contributed by atoms with Crippen LogP contribution in [0.25, 0.3) is 0 Å². The minimum atomic E-state index is -1.85. The highest BCUT2D eigenvalue weighted by molar-refractivity contribution is 8.13. The van der Waals surface area contributed by atoms with E-state index in [0.717, 1.165) is 16.0 Å². The van der Waals surface area contributed by atoms with Gasteiger partial charge < -0.3 is 4.43 Å². The second kappa shape index (κ2) is 6.46. The molecule has 1 rings (SSSR count). The topological polar surface area (TPSA) is 26.3 Å². The average Bonchev–Trinajstić information content (AvgIpc) is 2.30. The Labute approximate surface area is 128 Å². The van der Waals surface area contributed by atoms with Gasteiger partial charge in [0.05, 0.1) is 0 Å². The van der Waals surface area contributed by atoms with Crippen molar-refractivity contribution in [2.24, 2.45) is 0 Å². The lowest BCUT2D eigenvalue weighted by atomic mass is 10.2. The fraction of sp³-hybridized carbons (Fsp3) is 0.562. The van der Waals surface area contributed by atoms with Crippen LogP contribution in [0, 0.1) is 13.8 Å². The second-order valence-electron chi connectivity index (χ2n) is 6.74. The van der Waals surface area contributed by atoms with E-state index >= 15 is 0 Å². The third kappa shape index (κ3) is 4.47. The molecule has 0 radical (unpaired) electrons. The first-order chi connectivity index (χ1) is 9.04. The second-order valence-corrected chi connectivity index (χ2v) is 12.6. The van der Waals surface area contributed by atoms with Crippen LogP contribution in [0.1, 0.15) is 31.9 Å². The summed E-state index contributed by atoms with van der Waals surface area (Å²) in [5.41, 5.74) is 2.30. The summed E-state index contributed by atoms with van der Waals surface area (Å²) in [7, 11) is -1.85. The lowest BCUT2D eigenvalue weighted by Crippen LogP contribution is -2.41. The molecule has 0 bridgehead atoms. The number of rotatable bonds is 4. The summed E-state index contributed by atoms with van der Waals surface area (Å²) in [6, 6.07) is 6.10. The maximum atomic E-state index is 12.2. The molecule has 0 spiro atoms. The molecule has 0 fully saturated rings. The van der Waals surface area contributed by atoms with Crippen LogP contribution >= 0.6 is 11.8 Å². The van der Waals surface area contributed by atoms with Crippen LogP contribution in [-0.2, 0) is 9.22 Å². The van der Waals surface area contributed by atoms with E-state index in [2.05, 4.69) is 33.9 Å². The molecule has 20 heavy (non-hydrogen) atoms. The van der Waals surface area contributed by atoms with Crippen molar-refractivity contribution in [2.75, 3.05) is 6.61 Å². The van der Waals surface area contributed by atoms with Crippen LogP contribution in [0.2, 0.25) is 18.1 Å². The Morgan fingerprint density at radius 2 is 1.70 bits per heavy atom. The molecule has 0 N–H and O–H groups in total. The fourth-order valence-electron chi connectivity index (χ4n) is 1.56. The molecule has 0 amide bonds. The van der Waals surface area contributed by atoms with Crippen molar-refractivity contribution in [3.63, 3.8) is 0 Å². The van der Waals surface area contributed by atoms with Crippen LogP contribution in [0.15, 0.2) is 23.1 Å². The first-order valence-electron chi connectivity index (χ1n) is 6.95. The predicted octanol–water partition coefficient (Wildman–Crippen LogP) is 4.94. The zero-order valence-corrected chi connectivity index (χ0v) is 15.5. The molecule has 0 saturated heterocycles. The van der Waals surface area contributed by atoms with Crippen LogP contribution in [0.3, 0.4) is 0 Å². The maximum Gasteiger partial charge on any atom is 0.218 e. The van der Waals surface area contributed by atoms with Crippen LogP contribution < -0.4 is 0 Å². The molecule has 1 aromatic rings. The number of carbonyl (C=O) groups excluding carboxylic acids is 1. The number of carbonyl (C=O) groups is 1. The Kier molecular flexibility index (Phi) is 5.64. The van der Waals surface area contributed by atoms with Gasteiger partial charge in [-0.05, 0) is 54.9 Å². The highest BCUT2D eigenvalue weighted by Gasteiger charge is 2.37. The van der Waals surface area contributed by atoms with E-state index in [0.29, 0.717) is 0 Å². The van der Waals surface area contributed by atoms with Crippen molar-refractivity contribution < 1.29 is 9.22 Å². The SMILES string of the molecule is Cc1cccc(C)c1SC(=O)CO[Si](C)(C)C(C)(C)C. The minimum Gasteiger partial charge on any atom is -0.409 e. The number of thioether (sulfide) groups is 1. The Bertz CT molecular complexity index is 469. The largest absolute Gasteiger partial charge is 0.409 e. The van der Waals surface area contributed by atoms with Gasteiger partial charge in [0, 0.05) is 4.90 Å². The Morgan fingerprint density at radius 1 is 1.20 bits per heavy atom. The summed E-state index contributed by atoms with van der Waals surface area (Å²) < 4.78 is 5.98. The number of hydrogen-bond donors (Lipinski definition) is 0. The normalized spacial score (nSPS) is 12.6. The van der Waals surface area contributed by atoms with E-state index in [-0.39, 0.29) is 16.8 Å². The summed E-state index contributed by atoms with van der Waals surface area (Å²) in [5.74, 6) is 0. The third-order valence-corrected chi connectivity index (χ3v) is 9.65. The van der Waals surface area contributed by atoms with Crippen molar-refractivity contribution in [1.82, 2.24) is 0 Å². The highest BCUT2D eigenvalue weighted by Crippen LogP contribution is 2.37. The van der Waals surface area contributed by atoms with Gasteiger partial charge in [0.2, 0.25) is 5.12 Å². The van der Waals surface area contributed by atoms with E-state index in [1.54, 1.807) is 0 Å². The Balaban J connectivity index is 2.66. The monoisotopic (exact) mass is 310 g/mol. The van der Waals surface area contributed by atoms with Gasteiger partial charge in [-0.25, -0.2) is 0 Å². The molecule has 0 unspecified atom stereocenters. The zero-order chi connectivity index (χ0) is 15.6. The maximum absolute atomic E-state index is 12.2. The van der Waals surface area contributed by atoms with Gasteiger partial charge in [-0.15, -0.1) is 0 Å². The minimum absolute atomic E-state index is 0.0900. The van der Waals surface area contributed by atoms with E-state index in [4.69, 9.17) is 4.43 Å². The van der Waals surface area contributed by atoms with E-state index in [1.165, 1.54) is 11.8 Å². The van der Waals surface area contributed by atoms with Gasteiger partial charge >= 0.3 is 0 Å². The lowest BCUT2D eigenvalue weighted by molar-refractivity contribution is -0.113. The number of benzene rings is 1. The molecule has 0 aliphatic heterocycles. The molecule has 112 valence electrons. The quantitative estimate of drug-likeness (QED) is 0.582. The van der Waals surface area contributed by atoms with Crippen LogP contribution in [0.4, 0.5) is 0 Å². The number of aryl methyl sites for hydroxylation is 2. The van der Waals surface area contributed by atoms with Gasteiger partial charge in [-0.3, -0.25) is 4.79 Å². The lowest BCUT2D eigenvalue weighted by Gasteiger charge is -2.35. The van der Waals surface area contributed by atoms with Gasteiger partial charge in [0.1, 0.15) is 6.61 Å². The molecule has 0 aliphatic carbocycles. The summed E-state index contributed by atoms with van der Waals surface area (Å²) in [6.45, 7) is 15.2. The molecule has 4 heteroatoms. The first kappa shape index (κ1) is 17.5. The van der Waals surface area contributed by atoms with Gasteiger partial charge in [-0.2, -0.15) is 0 Å². The molecule has 0 atom stereocenters. The molecule has 0 aromatic heterocycles. The summed E-state index contributed by atoms with van der Waals surface area (Å²) in [6.07, 6.45) is 0. The zero-order valence-electron chi connectivity index (χ0n) is 13.7. The van der Waals surface area contributed by atoms with Crippen molar-refractivity contribution in [3.8, 4) is 0 Å². The highest BCUT2D eigenvalue weighted by atomic mass is 32.2. The molecule has 0 heterocycles. The molecule has 0 aliphatic rings. The third-order valence-electron chi connectivity index (χ3n) is 3.98. The Hall–Kier alpha value is -0.583. The Morgan fingerprint density at radius 3 is 2.15 bits per heavy atom. The predicted molar refractivity (Wildman–Crippen MR) is 89.9 cm³/mol.